The summed E-state index contributed by atoms with van der Waals surface area (Å²) >= 11 is 0. The van der Waals surface area contributed by atoms with Crippen molar-refractivity contribution in [3.05, 3.63) is 54.4 Å². The van der Waals surface area contributed by atoms with E-state index >= 15 is 0 Å². The second kappa shape index (κ2) is 4.94. The van der Waals surface area contributed by atoms with Gasteiger partial charge in [-0.2, -0.15) is 10.4 Å². The van der Waals surface area contributed by atoms with Gasteiger partial charge in [0.15, 0.2) is 11.5 Å². The van der Waals surface area contributed by atoms with Gasteiger partial charge in [-0.1, -0.05) is 0 Å². The maximum absolute atomic E-state index is 9.03. The van der Waals surface area contributed by atoms with Crippen LogP contribution in [0.5, 0.6) is 5.75 Å². The van der Waals surface area contributed by atoms with Crippen molar-refractivity contribution in [1.82, 2.24) is 9.78 Å². The van der Waals surface area contributed by atoms with Crippen LogP contribution in [0.2, 0.25) is 0 Å². The number of methoxy groups -OCH3 is 1. The van der Waals surface area contributed by atoms with Gasteiger partial charge in [-0.15, -0.1) is 0 Å². The smallest absolute Gasteiger partial charge is 0.163 e. The number of nitrogens with zero attached hydrogens (tertiary/aromatic N) is 3. The van der Waals surface area contributed by atoms with E-state index in [4.69, 9.17) is 14.4 Å². The van der Waals surface area contributed by atoms with E-state index in [-0.39, 0.29) is 0 Å². The van der Waals surface area contributed by atoms with Crippen molar-refractivity contribution in [3.8, 4) is 29.0 Å². The Morgan fingerprint density at radius 2 is 2.05 bits per heavy atom. The summed E-state index contributed by atoms with van der Waals surface area (Å²) in [6.45, 7) is 0. The molecule has 0 unspecified atom stereocenters. The summed E-state index contributed by atoms with van der Waals surface area (Å²) in [7, 11) is 1.62. The van der Waals surface area contributed by atoms with E-state index in [1.165, 1.54) is 0 Å². The van der Waals surface area contributed by atoms with Crippen LogP contribution in [-0.4, -0.2) is 16.9 Å². The van der Waals surface area contributed by atoms with Gasteiger partial charge in [0, 0.05) is 6.07 Å². The first kappa shape index (κ1) is 12.1. The Bertz CT molecular complexity index is 750. The summed E-state index contributed by atoms with van der Waals surface area (Å²) in [4.78, 5) is 0. The highest BCUT2D eigenvalue weighted by Crippen LogP contribution is 2.25. The first-order valence-electron chi connectivity index (χ1n) is 6.00. The number of nitriles is 1. The monoisotopic (exact) mass is 265 g/mol. The molecule has 98 valence electrons. The third-order valence-corrected chi connectivity index (χ3v) is 2.91. The SMILES string of the molecule is COc1ccc(-n2nc(C#N)cc2-c2ccco2)cc1. The first-order chi connectivity index (χ1) is 9.81. The Balaban J connectivity index is 2.12. The quantitative estimate of drug-likeness (QED) is 0.730. The van der Waals surface area contributed by atoms with Crippen LogP contribution in [0, 0.1) is 11.3 Å². The van der Waals surface area contributed by atoms with Crippen molar-refractivity contribution in [1.29, 1.82) is 5.26 Å². The number of furan rings is 1. The lowest BCUT2D eigenvalue weighted by atomic mass is 10.2. The Labute approximate surface area is 115 Å². The second-order valence-electron chi connectivity index (χ2n) is 4.11. The third-order valence-electron chi connectivity index (χ3n) is 2.91. The lowest BCUT2D eigenvalue weighted by molar-refractivity contribution is 0.414. The topological polar surface area (TPSA) is 64.0 Å². The zero-order valence-corrected chi connectivity index (χ0v) is 10.8. The molecule has 0 atom stereocenters. The van der Waals surface area contributed by atoms with E-state index in [1.54, 1.807) is 30.2 Å². The molecule has 0 aliphatic rings. The molecule has 0 saturated carbocycles. The molecule has 1 aromatic carbocycles. The number of hydrogen-bond donors (Lipinski definition) is 0. The molecule has 2 aromatic heterocycles. The van der Waals surface area contributed by atoms with E-state index in [0.29, 0.717) is 11.5 Å². The van der Waals surface area contributed by atoms with Gasteiger partial charge in [0.1, 0.15) is 17.5 Å². The van der Waals surface area contributed by atoms with Crippen molar-refractivity contribution < 1.29 is 9.15 Å². The van der Waals surface area contributed by atoms with Crippen LogP contribution < -0.4 is 4.74 Å². The molecule has 5 heteroatoms. The molecule has 0 spiro atoms. The first-order valence-corrected chi connectivity index (χ1v) is 6.00. The number of rotatable bonds is 3. The average Bonchev–Trinajstić information content (AvgIpc) is 3.16. The van der Waals surface area contributed by atoms with Crippen LogP contribution in [0.4, 0.5) is 0 Å². The summed E-state index contributed by atoms with van der Waals surface area (Å²) in [6, 6.07) is 14.8. The molecule has 0 saturated heterocycles. The second-order valence-corrected chi connectivity index (χ2v) is 4.11. The number of benzene rings is 1. The average molecular weight is 265 g/mol. The highest BCUT2D eigenvalue weighted by Gasteiger charge is 2.13. The minimum absolute atomic E-state index is 0.340. The molecule has 0 aliphatic heterocycles. The van der Waals surface area contributed by atoms with Gasteiger partial charge in [0.05, 0.1) is 19.1 Å². The fourth-order valence-electron chi connectivity index (χ4n) is 1.96. The molecule has 20 heavy (non-hydrogen) atoms. The number of aromatic nitrogens is 2. The van der Waals surface area contributed by atoms with E-state index in [9.17, 15) is 0 Å². The molecular weight excluding hydrogens is 254 g/mol. The van der Waals surface area contributed by atoms with Crippen molar-refractivity contribution >= 4 is 0 Å². The Kier molecular flexibility index (Phi) is 2.98. The molecule has 0 bridgehead atoms. The third kappa shape index (κ3) is 2.04. The van der Waals surface area contributed by atoms with E-state index < -0.39 is 0 Å². The largest absolute Gasteiger partial charge is 0.497 e. The molecule has 0 aliphatic carbocycles. The predicted octanol–water partition coefficient (Wildman–Crippen LogP) is 3.01. The molecule has 2 heterocycles. The van der Waals surface area contributed by atoms with E-state index in [2.05, 4.69) is 5.10 Å². The molecule has 3 rings (SSSR count). The van der Waals surface area contributed by atoms with Gasteiger partial charge in [-0.05, 0) is 36.4 Å². The predicted molar refractivity (Wildman–Crippen MR) is 72.5 cm³/mol. The summed E-state index contributed by atoms with van der Waals surface area (Å²) in [6.07, 6.45) is 1.59. The maximum Gasteiger partial charge on any atom is 0.163 e. The van der Waals surface area contributed by atoms with Gasteiger partial charge >= 0.3 is 0 Å². The van der Waals surface area contributed by atoms with Crippen LogP contribution in [0.15, 0.2) is 53.1 Å². The van der Waals surface area contributed by atoms with Gasteiger partial charge in [0.2, 0.25) is 0 Å². The Morgan fingerprint density at radius 3 is 2.65 bits per heavy atom. The molecule has 5 nitrogen and oxygen atoms in total. The highest BCUT2D eigenvalue weighted by molar-refractivity contribution is 5.58. The van der Waals surface area contributed by atoms with Crippen molar-refractivity contribution in [2.45, 2.75) is 0 Å². The van der Waals surface area contributed by atoms with Gasteiger partial charge in [-0.25, -0.2) is 4.68 Å². The normalized spacial score (nSPS) is 10.2. The van der Waals surface area contributed by atoms with Crippen LogP contribution >= 0.6 is 0 Å². The van der Waals surface area contributed by atoms with Crippen LogP contribution in [0.25, 0.3) is 17.1 Å². The van der Waals surface area contributed by atoms with Crippen LogP contribution in [0.1, 0.15) is 5.69 Å². The van der Waals surface area contributed by atoms with E-state index in [1.807, 2.05) is 36.4 Å². The standard InChI is InChI=1S/C15H11N3O2/c1-19-13-6-4-12(5-7-13)18-14(9-11(10-16)17-18)15-3-2-8-20-15/h2-9H,1H3. The van der Waals surface area contributed by atoms with Gasteiger partial charge in [0.25, 0.3) is 0 Å². The van der Waals surface area contributed by atoms with Crippen molar-refractivity contribution in [2.75, 3.05) is 7.11 Å². The summed E-state index contributed by atoms with van der Waals surface area (Å²) < 4.78 is 12.2. The fourth-order valence-corrected chi connectivity index (χ4v) is 1.96. The highest BCUT2D eigenvalue weighted by atomic mass is 16.5. The van der Waals surface area contributed by atoms with Gasteiger partial charge < -0.3 is 9.15 Å². The van der Waals surface area contributed by atoms with Crippen LogP contribution in [0.3, 0.4) is 0 Å². The summed E-state index contributed by atoms with van der Waals surface area (Å²) in [5, 5.41) is 13.3. The zero-order chi connectivity index (χ0) is 13.9. The number of hydrogen-bond acceptors (Lipinski definition) is 4. The lowest BCUT2D eigenvalue weighted by Crippen LogP contribution is -1.98. The fraction of sp³-hybridized carbons (Fsp3) is 0.0667. The lowest BCUT2D eigenvalue weighted by Gasteiger charge is -2.06. The summed E-state index contributed by atoms with van der Waals surface area (Å²) in [5.41, 5.74) is 1.91. The molecular formula is C15H11N3O2. The molecule has 0 N–H and O–H groups in total. The molecule has 3 aromatic rings. The minimum Gasteiger partial charge on any atom is -0.497 e. The summed E-state index contributed by atoms with van der Waals surface area (Å²) in [5.74, 6) is 1.43. The van der Waals surface area contributed by atoms with Crippen molar-refractivity contribution in [2.24, 2.45) is 0 Å². The molecule has 0 radical (unpaired) electrons. The Morgan fingerprint density at radius 1 is 1.25 bits per heavy atom. The van der Waals surface area contributed by atoms with Crippen LogP contribution in [-0.2, 0) is 0 Å². The Hall–Kier alpha value is -3.00. The molecule has 0 fully saturated rings. The zero-order valence-electron chi connectivity index (χ0n) is 10.8. The minimum atomic E-state index is 0.340. The maximum atomic E-state index is 9.03. The van der Waals surface area contributed by atoms with Crippen molar-refractivity contribution in [3.63, 3.8) is 0 Å². The number of ether oxygens (including phenoxy) is 1. The van der Waals surface area contributed by atoms with E-state index in [0.717, 1.165) is 17.1 Å². The molecule has 0 amide bonds. The van der Waals surface area contributed by atoms with Gasteiger partial charge in [-0.3, -0.25) is 0 Å².